The van der Waals surface area contributed by atoms with Crippen LogP contribution in [0.5, 0.6) is 5.75 Å². The zero-order valence-electron chi connectivity index (χ0n) is 15.9. The Balaban J connectivity index is 1.70. The standard InChI is InChI=1S/C23H26N2O2/c1-3-13-25-23(26)19-9-6-7-17(14-19)15-24-16-21-20-10-5-4-8-18(20)11-12-22(21)27-2/h4-12,14,24H,3,13,15-16H2,1-2H3,(H,25,26). The molecule has 4 nitrogen and oxygen atoms in total. The molecule has 140 valence electrons. The lowest BCUT2D eigenvalue weighted by Gasteiger charge is -2.13. The normalized spacial score (nSPS) is 10.7. The van der Waals surface area contributed by atoms with Crippen LogP contribution in [0.15, 0.2) is 60.7 Å². The number of nitrogens with one attached hydrogen (secondary N) is 2. The number of benzene rings is 3. The number of ether oxygens (including phenoxy) is 1. The van der Waals surface area contributed by atoms with Crippen LogP contribution in [-0.2, 0) is 13.1 Å². The van der Waals surface area contributed by atoms with E-state index in [0.717, 1.165) is 23.3 Å². The molecule has 0 unspecified atom stereocenters. The molecule has 4 heteroatoms. The molecule has 27 heavy (non-hydrogen) atoms. The molecule has 0 aliphatic rings. The molecule has 0 saturated heterocycles. The lowest BCUT2D eigenvalue weighted by atomic mass is 10.0. The first-order valence-electron chi connectivity index (χ1n) is 9.35. The summed E-state index contributed by atoms with van der Waals surface area (Å²) in [5, 5.41) is 8.79. The second-order valence-corrected chi connectivity index (χ2v) is 6.53. The van der Waals surface area contributed by atoms with Crippen molar-refractivity contribution in [3.8, 4) is 5.75 Å². The Kier molecular flexibility index (Phi) is 6.44. The molecular weight excluding hydrogens is 336 g/mol. The van der Waals surface area contributed by atoms with Crippen molar-refractivity contribution in [3.05, 3.63) is 77.4 Å². The van der Waals surface area contributed by atoms with Gasteiger partial charge >= 0.3 is 0 Å². The number of amides is 1. The highest BCUT2D eigenvalue weighted by Crippen LogP contribution is 2.27. The fraction of sp³-hybridized carbons (Fsp3) is 0.261. The minimum absolute atomic E-state index is 0.0191. The van der Waals surface area contributed by atoms with E-state index in [1.54, 1.807) is 7.11 Å². The Morgan fingerprint density at radius 1 is 1.00 bits per heavy atom. The highest BCUT2D eigenvalue weighted by atomic mass is 16.5. The van der Waals surface area contributed by atoms with Gasteiger partial charge in [-0.2, -0.15) is 0 Å². The molecule has 0 fully saturated rings. The van der Waals surface area contributed by atoms with Gasteiger partial charge in [-0.3, -0.25) is 4.79 Å². The van der Waals surface area contributed by atoms with Gasteiger partial charge in [0.1, 0.15) is 5.75 Å². The van der Waals surface area contributed by atoms with Crippen molar-refractivity contribution in [1.29, 1.82) is 0 Å². The molecule has 3 rings (SSSR count). The summed E-state index contributed by atoms with van der Waals surface area (Å²) in [6, 6.07) is 20.2. The summed E-state index contributed by atoms with van der Waals surface area (Å²) in [5.41, 5.74) is 2.93. The Morgan fingerprint density at radius 3 is 2.67 bits per heavy atom. The van der Waals surface area contributed by atoms with E-state index in [1.165, 1.54) is 10.8 Å². The predicted molar refractivity (Wildman–Crippen MR) is 110 cm³/mol. The van der Waals surface area contributed by atoms with E-state index >= 15 is 0 Å². The maximum absolute atomic E-state index is 12.1. The van der Waals surface area contributed by atoms with E-state index in [1.807, 2.05) is 49.4 Å². The topological polar surface area (TPSA) is 50.4 Å². The number of methoxy groups -OCH3 is 1. The molecule has 3 aromatic rings. The van der Waals surface area contributed by atoms with Crippen molar-refractivity contribution in [3.63, 3.8) is 0 Å². The second kappa shape index (κ2) is 9.19. The van der Waals surface area contributed by atoms with E-state index in [0.29, 0.717) is 25.2 Å². The first-order chi connectivity index (χ1) is 13.2. The molecule has 0 aromatic heterocycles. The Labute approximate surface area is 160 Å². The highest BCUT2D eigenvalue weighted by Gasteiger charge is 2.09. The van der Waals surface area contributed by atoms with Gasteiger partial charge in [-0.25, -0.2) is 0 Å². The summed E-state index contributed by atoms with van der Waals surface area (Å²) in [6.07, 6.45) is 0.930. The van der Waals surface area contributed by atoms with Gasteiger partial charge in [0.15, 0.2) is 0 Å². The Bertz CT molecular complexity index is 921. The fourth-order valence-corrected chi connectivity index (χ4v) is 3.18. The maximum Gasteiger partial charge on any atom is 0.251 e. The molecule has 2 N–H and O–H groups in total. The Morgan fingerprint density at radius 2 is 1.85 bits per heavy atom. The van der Waals surface area contributed by atoms with Crippen molar-refractivity contribution < 1.29 is 9.53 Å². The van der Waals surface area contributed by atoms with Crippen molar-refractivity contribution in [1.82, 2.24) is 10.6 Å². The Hall–Kier alpha value is -2.85. The first kappa shape index (κ1) is 18.9. The molecule has 0 aliphatic heterocycles. The minimum Gasteiger partial charge on any atom is -0.496 e. The number of fused-ring (bicyclic) bond motifs is 1. The summed E-state index contributed by atoms with van der Waals surface area (Å²) in [5.74, 6) is 0.864. The van der Waals surface area contributed by atoms with Gasteiger partial charge in [0.05, 0.1) is 7.11 Å². The maximum atomic E-state index is 12.1. The van der Waals surface area contributed by atoms with E-state index in [4.69, 9.17) is 4.74 Å². The predicted octanol–water partition coefficient (Wildman–Crippen LogP) is 4.28. The van der Waals surface area contributed by atoms with Crippen LogP contribution >= 0.6 is 0 Å². The molecule has 3 aromatic carbocycles. The average Bonchev–Trinajstić information content (AvgIpc) is 2.72. The molecule has 0 saturated carbocycles. The quantitative estimate of drug-likeness (QED) is 0.629. The fourth-order valence-electron chi connectivity index (χ4n) is 3.18. The molecule has 0 aliphatic carbocycles. The number of carbonyl (C=O) groups excluding carboxylic acids is 1. The van der Waals surface area contributed by atoms with Crippen molar-refractivity contribution in [2.45, 2.75) is 26.4 Å². The number of hydrogen-bond acceptors (Lipinski definition) is 3. The third-order valence-electron chi connectivity index (χ3n) is 4.57. The van der Waals surface area contributed by atoms with Crippen LogP contribution in [0, 0.1) is 0 Å². The zero-order chi connectivity index (χ0) is 19.1. The van der Waals surface area contributed by atoms with Gasteiger partial charge in [0.25, 0.3) is 5.91 Å². The van der Waals surface area contributed by atoms with Crippen molar-refractivity contribution in [2.24, 2.45) is 0 Å². The SMILES string of the molecule is CCCNC(=O)c1cccc(CNCc2c(OC)ccc3ccccc23)c1. The van der Waals surface area contributed by atoms with Gasteiger partial charge in [-0.1, -0.05) is 49.4 Å². The third-order valence-corrected chi connectivity index (χ3v) is 4.57. The largest absolute Gasteiger partial charge is 0.496 e. The van der Waals surface area contributed by atoms with E-state index in [-0.39, 0.29) is 5.91 Å². The second-order valence-electron chi connectivity index (χ2n) is 6.53. The number of rotatable bonds is 8. The van der Waals surface area contributed by atoms with Crippen LogP contribution in [0.1, 0.15) is 34.8 Å². The number of carbonyl (C=O) groups is 1. The van der Waals surface area contributed by atoms with E-state index < -0.39 is 0 Å². The van der Waals surface area contributed by atoms with Crippen molar-refractivity contribution in [2.75, 3.05) is 13.7 Å². The molecule has 0 atom stereocenters. The minimum atomic E-state index is -0.0191. The molecule has 1 amide bonds. The molecule has 0 bridgehead atoms. The zero-order valence-corrected chi connectivity index (χ0v) is 15.9. The van der Waals surface area contributed by atoms with Gasteiger partial charge in [0.2, 0.25) is 0 Å². The first-order valence-corrected chi connectivity index (χ1v) is 9.35. The van der Waals surface area contributed by atoms with Gasteiger partial charge in [-0.15, -0.1) is 0 Å². The summed E-state index contributed by atoms with van der Waals surface area (Å²) in [6.45, 7) is 4.11. The lowest BCUT2D eigenvalue weighted by Crippen LogP contribution is -2.24. The molecular formula is C23H26N2O2. The van der Waals surface area contributed by atoms with Gasteiger partial charge in [0, 0.05) is 30.8 Å². The van der Waals surface area contributed by atoms with Gasteiger partial charge < -0.3 is 15.4 Å². The molecule has 0 radical (unpaired) electrons. The van der Waals surface area contributed by atoms with Crippen LogP contribution in [0.4, 0.5) is 0 Å². The summed E-state index contributed by atoms with van der Waals surface area (Å²) in [4.78, 5) is 12.1. The van der Waals surface area contributed by atoms with Crippen LogP contribution in [0.2, 0.25) is 0 Å². The summed E-state index contributed by atoms with van der Waals surface area (Å²) >= 11 is 0. The van der Waals surface area contributed by atoms with Crippen LogP contribution in [0.25, 0.3) is 10.8 Å². The molecule has 0 heterocycles. The van der Waals surface area contributed by atoms with Crippen LogP contribution < -0.4 is 15.4 Å². The van der Waals surface area contributed by atoms with Crippen LogP contribution in [-0.4, -0.2) is 19.6 Å². The van der Waals surface area contributed by atoms with Crippen LogP contribution in [0.3, 0.4) is 0 Å². The smallest absolute Gasteiger partial charge is 0.251 e. The lowest BCUT2D eigenvalue weighted by molar-refractivity contribution is 0.0953. The molecule has 0 spiro atoms. The third kappa shape index (κ3) is 4.66. The highest BCUT2D eigenvalue weighted by molar-refractivity contribution is 5.94. The monoisotopic (exact) mass is 362 g/mol. The summed E-state index contributed by atoms with van der Waals surface area (Å²) in [7, 11) is 1.70. The van der Waals surface area contributed by atoms with Crippen molar-refractivity contribution >= 4 is 16.7 Å². The van der Waals surface area contributed by atoms with E-state index in [9.17, 15) is 4.79 Å². The van der Waals surface area contributed by atoms with E-state index in [2.05, 4.69) is 28.8 Å². The number of hydrogen-bond donors (Lipinski definition) is 2. The average molecular weight is 362 g/mol. The summed E-state index contributed by atoms with van der Waals surface area (Å²) < 4.78 is 5.55. The van der Waals surface area contributed by atoms with Gasteiger partial charge in [-0.05, 0) is 41.0 Å².